The van der Waals surface area contributed by atoms with Gasteiger partial charge in [-0.2, -0.15) is 4.52 Å². The molecule has 0 atom stereocenters. The average molecular weight is 347 g/mol. The summed E-state index contributed by atoms with van der Waals surface area (Å²) in [5.74, 6) is 0.944. The molecule has 124 valence electrons. The van der Waals surface area contributed by atoms with Crippen LogP contribution in [0, 0.1) is 6.92 Å². The monoisotopic (exact) mass is 347 g/mol. The zero-order valence-corrected chi connectivity index (χ0v) is 13.6. The lowest BCUT2D eigenvalue weighted by atomic mass is 10.2. The van der Waals surface area contributed by atoms with Gasteiger partial charge < -0.3 is 5.11 Å². The van der Waals surface area contributed by atoms with E-state index in [-0.39, 0.29) is 10.7 Å². The summed E-state index contributed by atoms with van der Waals surface area (Å²) in [6.45, 7) is 1.70. The van der Waals surface area contributed by atoms with Gasteiger partial charge in [-0.05, 0) is 31.2 Å². The van der Waals surface area contributed by atoms with Crippen molar-refractivity contribution in [2.75, 3.05) is 11.6 Å². The van der Waals surface area contributed by atoms with Crippen molar-refractivity contribution in [3.8, 4) is 11.4 Å². The van der Waals surface area contributed by atoms with Gasteiger partial charge >= 0.3 is 6.09 Å². The first-order chi connectivity index (χ1) is 11.2. The number of hydrogen-bond donors (Lipinski definition) is 2. The van der Waals surface area contributed by atoms with Crippen LogP contribution in [0.2, 0.25) is 0 Å². The number of anilines is 1. The van der Waals surface area contributed by atoms with E-state index < -0.39 is 15.9 Å². The molecule has 0 bridgehead atoms. The molecule has 0 aliphatic heterocycles. The van der Waals surface area contributed by atoms with E-state index in [9.17, 15) is 13.2 Å². The summed E-state index contributed by atoms with van der Waals surface area (Å²) in [4.78, 5) is 19.5. The number of carbonyl (C=O) groups is 1. The first-order valence-corrected chi connectivity index (χ1v) is 8.68. The number of nitrogens with zero attached hydrogens (tertiary/aromatic N) is 4. The number of rotatable bonds is 3. The summed E-state index contributed by atoms with van der Waals surface area (Å²) in [6, 6.07) is 7.54. The predicted molar refractivity (Wildman–Crippen MR) is 85.7 cm³/mol. The first kappa shape index (κ1) is 15.9. The fraction of sp³-hybridized carbons (Fsp3) is 0.143. The molecular formula is C14H13N5O4S. The van der Waals surface area contributed by atoms with Crippen molar-refractivity contribution in [3.05, 3.63) is 36.2 Å². The summed E-state index contributed by atoms with van der Waals surface area (Å²) in [6.07, 6.45) is -0.127. The van der Waals surface area contributed by atoms with Gasteiger partial charge in [0, 0.05) is 17.9 Å². The second-order valence-corrected chi connectivity index (χ2v) is 7.14. The van der Waals surface area contributed by atoms with Gasteiger partial charge in [-0.15, -0.1) is 5.10 Å². The van der Waals surface area contributed by atoms with E-state index in [4.69, 9.17) is 5.11 Å². The molecule has 3 aromatic rings. The molecule has 10 heteroatoms. The quantitative estimate of drug-likeness (QED) is 0.736. The van der Waals surface area contributed by atoms with Gasteiger partial charge in [-0.25, -0.2) is 23.2 Å². The van der Waals surface area contributed by atoms with E-state index in [0.29, 0.717) is 22.9 Å². The predicted octanol–water partition coefficient (Wildman–Crippen LogP) is 1.59. The van der Waals surface area contributed by atoms with Gasteiger partial charge in [-0.3, -0.25) is 5.32 Å². The van der Waals surface area contributed by atoms with Crippen LogP contribution in [0.4, 0.5) is 10.6 Å². The number of benzene rings is 1. The largest absolute Gasteiger partial charge is 0.465 e. The lowest BCUT2D eigenvalue weighted by Gasteiger charge is -2.07. The lowest BCUT2D eigenvalue weighted by molar-refractivity contribution is 0.209. The highest BCUT2D eigenvalue weighted by Gasteiger charge is 2.14. The van der Waals surface area contributed by atoms with E-state index in [2.05, 4.69) is 20.4 Å². The standard InChI is InChI=1S/C14H13N5O4S/c1-8-15-12-7-11(17-14(20)21)16-13(19(12)18-8)9-3-5-10(6-4-9)24(2,22)23/h3-7,17H,1-2H3,(H,20,21). The number of aryl methyl sites for hydroxylation is 1. The van der Waals surface area contributed by atoms with Crippen molar-refractivity contribution in [1.29, 1.82) is 0 Å². The van der Waals surface area contributed by atoms with Crippen LogP contribution in [0.25, 0.3) is 17.0 Å². The highest BCUT2D eigenvalue weighted by molar-refractivity contribution is 7.90. The molecule has 0 fully saturated rings. The zero-order valence-electron chi connectivity index (χ0n) is 12.8. The molecule has 3 rings (SSSR count). The van der Waals surface area contributed by atoms with Crippen LogP contribution in [0.1, 0.15) is 5.82 Å². The Morgan fingerprint density at radius 2 is 1.88 bits per heavy atom. The van der Waals surface area contributed by atoms with E-state index in [0.717, 1.165) is 6.26 Å². The molecule has 0 aliphatic rings. The normalized spacial score (nSPS) is 11.6. The average Bonchev–Trinajstić information content (AvgIpc) is 2.85. The first-order valence-electron chi connectivity index (χ1n) is 6.79. The van der Waals surface area contributed by atoms with E-state index in [1.807, 2.05) is 0 Å². The Kier molecular flexibility index (Phi) is 3.68. The molecule has 2 heterocycles. The molecule has 0 radical (unpaired) electrons. The van der Waals surface area contributed by atoms with Gasteiger partial charge in [0.1, 0.15) is 11.6 Å². The summed E-state index contributed by atoms with van der Waals surface area (Å²) in [7, 11) is -3.31. The number of sulfone groups is 1. The van der Waals surface area contributed by atoms with Gasteiger partial charge in [0.05, 0.1) is 4.90 Å². The van der Waals surface area contributed by atoms with Crippen LogP contribution in [-0.4, -0.2) is 45.5 Å². The lowest BCUT2D eigenvalue weighted by Crippen LogP contribution is -2.10. The van der Waals surface area contributed by atoms with Crippen molar-refractivity contribution in [2.24, 2.45) is 0 Å². The third-order valence-corrected chi connectivity index (χ3v) is 4.34. The highest BCUT2D eigenvalue weighted by Crippen LogP contribution is 2.22. The van der Waals surface area contributed by atoms with Crippen LogP contribution in [0.3, 0.4) is 0 Å². The van der Waals surface area contributed by atoms with Crippen molar-refractivity contribution in [3.63, 3.8) is 0 Å². The summed E-state index contributed by atoms with van der Waals surface area (Å²) < 4.78 is 24.6. The summed E-state index contributed by atoms with van der Waals surface area (Å²) in [5, 5.41) is 15.3. The Labute approximate surface area is 136 Å². The molecular weight excluding hydrogens is 334 g/mol. The minimum absolute atomic E-state index is 0.101. The van der Waals surface area contributed by atoms with Gasteiger partial charge in [0.25, 0.3) is 0 Å². The number of aromatic nitrogens is 4. The maximum atomic E-state index is 11.6. The maximum absolute atomic E-state index is 11.6. The number of amides is 1. The molecule has 0 saturated heterocycles. The molecule has 0 aliphatic carbocycles. The topological polar surface area (TPSA) is 127 Å². The molecule has 2 aromatic heterocycles. The van der Waals surface area contributed by atoms with Crippen molar-refractivity contribution < 1.29 is 18.3 Å². The third kappa shape index (κ3) is 3.04. The van der Waals surface area contributed by atoms with E-state index >= 15 is 0 Å². The van der Waals surface area contributed by atoms with E-state index in [1.165, 1.54) is 22.7 Å². The van der Waals surface area contributed by atoms with E-state index in [1.54, 1.807) is 19.1 Å². The molecule has 0 saturated carbocycles. The Bertz CT molecular complexity index is 1040. The highest BCUT2D eigenvalue weighted by atomic mass is 32.2. The SMILES string of the molecule is Cc1nc2cc(NC(=O)O)nc(-c3ccc(S(C)(=O)=O)cc3)n2n1. The van der Waals surface area contributed by atoms with Crippen molar-refractivity contribution in [2.45, 2.75) is 11.8 Å². The molecule has 1 amide bonds. The molecule has 24 heavy (non-hydrogen) atoms. The molecule has 0 spiro atoms. The fourth-order valence-corrected chi connectivity index (χ4v) is 2.84. The minimum Gasteiger partial charge on any atom is -0.465 e. The second-order valence-electron chi connectivity index (χ2n) is 5.12. The third-order valence-electron chi connectivity index (χ3n) is 3.21. The Hall–Kier alpha value is -3.01. The van der Waals surface area contributed by atoms with Crippen LogP contribution < -0.4 is 5.32 Å². The number of hydrogen-bond acceptors (Lipinski definition) is 6. The maximum Gasteiger partial charge on any atom is 0.410 e. The molecule has 0 unspecified atom stereocenters. The summed E-state index contributed by atoms with van der Waals surface area (Å²) in [5.41, 5.74) is 1.000. The second kappa shape index (κ2) is 5.57. The minimum atomic E-state index is -3.31. The van der Waals surface area contributed by atoms with Crippen LogP contribution in [0.5, 0.6) is 0 Å². The smallest absolute Gasteiger partial charge is 0.410 e. The zero-order chi connectivity index (χ0) is 17.5. The summed E-state index contributed by atoms with van der Waals surface area (Å²) >= 11 is 0. The van der Waals surface area contributed by atoms with Crippen LogP contribution >= 0.6 is 0 Å². The van der Waals surface area contributed by atoms with Crippen molar-refractivity contribution >= 4 is 27.4 Å². The van der Waals surface area contributed by atoms with Crippen LogP contribution in [0.15, 0.2) is 35.2 Å². The molecule has 2 N–H and O–H groups in total. The Balaban J connectivity index is 2.18. The van der Waals surface area contributed by atoms with Gasteiger partial charge in [0.15, 0.2) is 21.3 Å². The fourth-order valence-electron chi connectivity index (χ4n) is 2.21. The Morgan fingerprint density at radius 3 is 2.46 bits per heavy atom. The number of nitrogens with one attached hydrogen (secondary N) is 1. The van der Waals surface area contributed by atoms with Gasteiger partial charge in [0.2, 0.25) is 0 Å². The Morgan fingerprint density at radius 1 is 1.21 bits per heavy atom. The number of carboxylic acid groups (broad SMARTS) is 1. The van der Waals surface area contributed by atoms with Crippen molar-refractivity contribution in [1.82, 2.24) is 19.6 Å². The molecule has 9 nitrogen and oxygen atoms in total. The van der Waals surface area contributed by atoms with Crippen LogP contribution in [-0.2, 0) is 9.84 Å². The number of fused-ring (bicyclic) bond motifs is 1. The molecule has 1 aromatic carbocycles. The van der Waals surface area contributed by atoms with Gasteiger partial charge in [-0.1, -0.05) is 0 Å².